The first-order chi connectivity index (χ1) is 16.2. The number of nitrogens with zero attached hydrogens (tertiary/aromatic N) is 4. The molecule has 33 heavy (non-hydrogen) atoms. The summed E-state index contributed by atoms with van der Waals surface area (Å²) in [4.78, 5) is 15.8. The van der Waals surface area contributed by atoms with Crippen LogP contribution in [0.25, 0.3) is 5.69 Å². The summed E-state index contributed by atoms with van der Waals surface area (Å²) >= 11 is 2.86. The molecule has 172 valence electrons. The molecular weight excluding hydrogens is 461 g/mol. The second kappa shape index (κ2) is 11.4. The first-order valence-corrected chi connectivity index (χ1v) is 12.4. The minimum Gasteiger partial charge on any atom is -0.378 e. The largest absolute Gasteiger partial charge is 0.378 e. The molecule has 10 heteroatoms. The molecule has 0 unspecified atom stereocenters. The monoisotopic (exact) mass is 485 g/mol. The molecule has 0 aliphatic carbocycles. The van der Waals surface area contributed by atoms with Crippen LogP contribution in [0.3, 0.4) is 0 Å². The Bertz CT molecular complexity index is 1120. The van der Waals surface area contributed by atoms with E-state index in [1.807, 2.05) is 30.3 Å². The Morgan fingerprint density at radius 1 is 1.15 bits per heavy atom. The topological polar surface area (TPSA) is 72.3 Å². The number of hydrogen-bond donors (Lipinski definition) is 1. The number of nitrogens with one attached hydrogen (secondary N) is 1. The second-order valence-electron chi connectivity index (χ2n) is 7.13. The predicted molar refractivity (Wildman–Crippen MR) is 131 cm³/mol. The molecule has 1 aliphatic heterocycles. The van der Waals surface area contributed by atoms with Gasteiger partial charge in [-0.2, -0.15) is 0 Å². The van der Waals surface area contributed by atoms with E-state index in [1.54, 1.807) is 28.5 Å². The lowest BCUT2D eigenvalue weighted by atomic mass is 10.3. The van der Waals surface area contributed by atoms with Gasteiger partial charge in [-0.15, -0.1) is 28.5 Å². The fraction of sp³-hybridized carbons (Fsp3) is 0.261. The highest BCUT2D eigenvalue weighted by atomic mass is 32.2. The first-order valence-electron chi connectivity index (χ1n) is 10.4. The number of benzene rings is 2. The third kappa shape index (κ3) is 5.95. The SMILES string of the molecule is C=CCSc1ccccc1NC(=O)CSc1nnc(N2CCOCC2)n1-c1cccc(F)c1. The summed E-state index contributed by atoms with van der Waals surface area (Å²) in [5.41, 5.74) is 1.37. The van der Waals surface area contributed by atoms with Gasteiger partial charge in [0.1, 0.15) is 5.82 Å². The van der Waals surface area contributed by atoms with Crippen molar-refractivity contribution in [1.29, 1.82) is 0 Å². The predicted octanol–water partition coefficient (Wildman–Crippen LogP) is 4.25. The number of anilines is 2. The van der Waals surface area contributed by atoms with Crippen LogP contribution in [-0.4, -0.2) is 58.5 Å². The van der Waals surface area contributed by atoms with E-state index in [-0.39, 0.29) is 17.5 Å². The van der Waals surface area contributed by atoms with Crippen molar-refractivity contribution in [3.63, 3.8) is 0 Å². The fourth-order valence-electron chi connectivity index (χ4n) is 3.33. The van der Waals surface area contributed by atoms with Crippen molar-refractivity contribution in [2.24, 2.45) is 0 Å². The maximum atomic E-state index is 14.0. The molecule has 1 aromatic heterocycles. The van der Waals surface area contributed by atoms with Crippen molar-refractivity contribution in [1.82, 2.24) is 14.8 Å². The number of aromatic nitrogens is 3. The number of amides is 1. The van der Waals surface area contributed by atoms with Crippen molar-refractivity contribution in [2.75, 3.05) is 48.0 Å². The van der Waals surface area contributed by atoms with Crippen LogP contribution >= 0.6 is 23.5 Å². The van der Waals surface area contributed by atoms with Gasteiger partial charge >= 0.3 is 0 Å². The maximum Gasteiger partial charge on any atom is 0.234 e. The highest BCUT2D eigenvalue weighted by Crippen LogP contribution is 2.29. The Balaban J connectivity index is 1.52. The Morgan fingerprint density at radius 3 is 2.76 bits per heavy atom. The van der Waals surface area contributed by atoms with E-state index in [0.717, 1.165) is 16.3 Å². The van der Waals surface area contributed by atoms with Gasteiger partial charge in [0.05, 0.1) is 30.3 Å². The summed E-state index contributed by atoms with van der Waals surface area (Å²) in [6, 6.07) is 13.9. The zero-order valence-electron chi connectivity index (χ0n) is 17.9. The van der Waals surface area contributed by atoms with Crippen molar-refractivity contribution >= 4 is 41.1 Å². The third-order valence-corrected chi connectivity index (χ3v) is 6.83. The van der Waals surface area contributed by atoms with Crippen LogP contribution in [-0.2, 0) is 9.53 Å². The number of carbonyl (C=O) groups excluding carboxylic acids is 1. The molecule has 1 amide bonds. The van der Waals surface area contributed by atoms with Crippen LogP contribution < -0.4 is 10.2 Å². The van der Waals surface area contributed by atoms with Gasteiger partial charge in [-0.1, -0.05) is 36.0 Å². The lowest BCUT2D eigenvalue weighted by molar-refractivity contribution is -0.113. The molecule has 2 heterocycles. The second-order valence-corrected chi connectivity index (χ2v) is 9.13. The van der Waals surface area contributed by atoms with E-state index < -0.39 is 0 Å². The molecule has 1 fully saturated rings. The average Bonchev–Trinajstić information content (AvgIpc) is 3.27. The van der Waals surface area contributed by atoms with Crippen LogP contribution in [0.4, 0.5) is 16.0 Å². The molecule has 0 radical (unpaired) electrons. The normalized spacial score (nSPS) is 13.7. The van der Waals surface area contributed by atoms with Gasteiger partial charge in [-0.25, -0.2) is 4.39 Å². The van der Waals surface area contributed by atoms with Gasteiger partial charge < -0.3 is 15.0 Å². The summed E-state index contributed by atoms with van der Waals surface area (Å²) < 4.78 is 21.2. The van der Waals surface area contributed by atoms with Crippen molar-refractivity contribution < 1.29 is 13.9 Å². The number of thioether (sulfide) groups is 2. The van der Waals surface area contributed by atoms with Gasteiger partial charge in [0.2, 0.25) is 11.9 Å². The number of hydrogen-bond acceptors (Lipinski definition) is 7. The Hall–Kier alpha value is -2.82. The number of rotatable bonds is 9. The molecule has 2 aromatic carbocycles. The first kappa shape index (κ1) is 23.3. The van der Waals surface area contributed by atoms with Gasteiger partial charge in [0.25, 0.3) is 0 Å². The highest BCUT2D eigenvalue weighted by Gasteiger charge is 2.22. The van der Waals surface area contributed by atoms with E-state index in [0.29, 0.717) is 43.1 Å². The lowest BCUT2D eigenvalue weighted by Crippen LogP contribution is -2.37. The summed E-state index contributed by atoms with van der Waals surface area (Å²) in [6.45, 7) is 6.25. The Morgan fingerprint density at radius 2 is 1.97 bits per heavy atom. The van der Waals surface area contributed by atoms with Crippen LogP contribution in [0.15, 0.2) is 71.2 Å². The van der Waals surface area contributed by atoms with E-state index >= 15 is 0 Å². The molecule has 1 aliphatic rings. The van der Waals surface area contributed by atoms with E-state index in [9.17, 15) is 9.18 Å². The fourth-order valence-corrected chi connectivity index (χ4v) is 4.82. The molecule has 0 atom stereocenters. The number of morpholine rings is 1. The van der Waals surface area contributed by atoms with E-state index in [1.165, 1.54) is 23.9 Å². The summed E-state index contributed by atoms with van der Waals surface area (Å²) in [5.74, 6) is 0.988. The zero-order chi connectivity index (χ0) is 23.0. The minimum absolute atomic E-state index is 0.136. The summed E-state index contributed by atoms with van der Waals surface area (Å²) in [5, 5.41) is 12.2. The summed E-state index contributed by atoms with van der Waals surface area (Å²) in [7, 11) is 0. The molecule has 3 aromatic rings. The average molecular weight is 486 g/mol. The van der Waals surface area contributed by atoms with Crippen LogP contribution in [0.1, 0.15) is 0 Å². The smallest absolute Gasteiger partial charge is 0.234 e. The third-order valence-electron chi connectivity index (χ3n) is 4.83. The molecule has 1 N–H and O–H groups in total. The Labute approximate surface area is 200 Å². The molecule has 0 saturated carbocycles. The van der Waals surface area contributed by atoms with Crippen molar-refractivity contribution in [3.8, 4) is 5.69 Å². The maximum absolute atomic E-state index is 14.0. The van der Waals surface area contributed by atoms with Crippen molar-refractivity contribution in [3.05, 3.63) is 67.0 Å². The quantitative estimate of drug-likeness (QED) is 0.359. The van der Waals surface area contributed by atoms with Gasteiger partial charge in [-0.3, -0.25) is 9.36 Å². The van der Waals surface area contributed by atoms with Gasteiger partial charge in [0, 0.05) is 23.7 Å². The summed E-state index contributed by atoms with van der Waals surface area (Å²) in [6.07, 6.45) is 1.82. The standard InChI is InChI=1S/C23H24FN5O2S2/c1-2-14-32-20-9-4-3-8-19(20)25-21(30)16-33-23-27-26-22(28-10-12-31-13-11-28)29(23)18-7-5-6-17(24)15-18/h2-9,15H,1,10-14,16H2,(H,25,30). The molecule has 4 rings (SSSR count). The van der Waals surface area contributed by atoms with E-state index in [2.05, 4.69) is 27.0 Å². The van der Waals surface area contributed by atoms with Crippen LogP contribution in [0, 0.1) is 5.82 Å². The molecule has 1 saturated heterocycles. The van der Waals surface area contributed by atoms with Crippen LogP contribution in [0.5, 0.6) is 0 Å². The molecule has 0 bridgehead atoms. The lowest BCUT2D eigenvalue weighted by Gasteiger charge is -2.27. The molecule has 7 nitrogen and oxygen atoms in total. The van der Waals surface area contributed by atoms with Crippen molar-refractivity contribution in [2.45, 2.75) is 10.1 Å². The number of carbonyl (C=O) groups is 1. The number of halogens is 1. The molecular formula is C23H24FN5O2S2. The zero-order valence-corrected chi connectivity index (χ0v) is 19.6. The van der Waals surface area contributed by atoms with Crippen LogP contribution in [0.2, 0.25) is 0 Å². The minimum atomic E-state index is -0.351. The Kier molecular flexibility index (Phi) is 8.03. The molecule has 0 spiro atoms. The number of ether oxygens (including phenoxy) is 1. The van der Waals surface area contributed by atoms with Gasteiger partial charge in [-0.05, 0) is 30.3 Å². The highest BCUT2D eigenvalue weighted by molar-refractivity contribution is 8.00. The number of para-hydroxylation sites is 1. The van der Waals surface area contributed by atoms with E-state index in [4.69, 9.17) is 4.74 Å². The van der Waals surface area contributed by atoms with Gasteiger partial charge in [0.15, 0.2) is 5.16 Å².